The zero-order valence-electron chi connectivity index (χ0n) is 29.6. The van der Waals surface area contributed by atoms with Gasteiger partial charge in [0.2, 0.25) is 0 Å². The van der Waals surface area contributed by atoms with Gasteiger partial charge >= 0.3 is 0 Å². The summed E-state index contributed by atoms with van der Waals surface area (Å²) in [6, 6.07) is 37.8. The van der Waals surface area contributed by atoms with Gasteiger partial charge in [-0.15, -0.1) is 53.6 Å². The van der Waals surface area contributed by atoms with Crippen molar-refractivity contribution in [3.63, 3.8) is 0 Å². The van der Waals surface area contributed by atoms with Gasteiger partial charge in [-0.25, -0.2) is 0 Å². The van der Waals surface area contributed by atoms with Crippen LogP contribution in [0.15, 0.2) is 108 Å². The SMILES string of the molecule is Cc1c[c-]c(-c2ccc(C)cn2)cc1.Cc1cc2c(oc3c(-c4cc(CC(C)(C)C)ccn4)[c-]ccc32)c(C(C)(C)c2ccccc2)n1.[Ir]. The molecule has 0 amide bonds. The van der Waals surface area contributed by atoms with Crippen LogP contribution in [0.1, 0.15) is 68.3 Å². The van der Waals surface area contributed by atoms with Crippen molar-refractivity contribution in [3.8, 4) is 22.5 Å². The Labute approximate surface area is 304 Å². The first-order valence-electron chi connectivity index (χ1n) is 16.6. The Kier molecular flexibility index (Phi) is 10.7. The summed E-state index contributed by atoms with van der Waals surface area (Å²) in [6.07, 6.45) is 4.75. The van der Waals surface area contributed by atoms with Gasteiger partial charge < -0.3 is 14.4 Å². The molecule has 0 aliphatic heterocycles. The van der Waals surface area contributed by atoms with Gasteiger partial charge in [0.15, 0.2) is 0 Å². The molecule has 3 aromatic carbocycles. The van der Waals surface area contributed by atoms with Crippen LogP contribution in [-0.2, 0) is 31.9 Å². The van der Waals surface area contributed by atoms with Crippen LogP contribution in [0.2, 0.25) is 0 Å². The topological polar surface area (TPSA) is 51.8 Å². The largest absolute Gasteiger partial charge is 0.499 e. The number of aromatic nitrogens is 3. The number of rotatable bonds is 5. The van der Waals surface area contributed by atoms with E-state index in [0.29, 0.717) is 0 Å². The normalized spacial score (nSPS) is 11.6. The van der Waals surface area contributed by atoms with Crippen LogP contribution in [0, 0.1) is 38.3 Å². The Hall–Kier alpha value is -4.44. The van der Waals surface area contributed by atoms with E-state index in [1.807, 2.05) is 49.6 Å². The van der Waals surface area contributed by atoms with Crippen molar-refractivity contribution in [2.45, 2.75) is 67.2 Å². The van der Waals surface area contributed by atoms with Crippen molar-refractivity contribution in [1.29, 1.82) is 0 Å². The van der Waals surface area contributed by atoms with Crippen LogP contribution in [0.5, 0.6) is 0 Å². The Morgan fingerprint density at radius 1 is 0.714 bits per heavy atom. The van der Waals surface area contributed by atoms with E-state index in [1.54, 1.807) is 0 Å². The van der Waals surface area contributed by atoms with Crippen molar-refractivity contribution < 1.29 is 24.5 Å². The van der Waals surface area contributed by atoms with Crippen LogP contribution in [0.3, 0.4) is 0 Å². The summed E-state index contributed by atoms with van der Waals surface area (Å²) in [5, 5.41) is 2.16. The monoisotopic (exact) mass is 822 g/mol. The van der Waals surface area contributed by atoms with E-state index >= 15 is 0 Å². The molecule has 4 heterocycles. The summed E-state index contributed by atoms with van der Waals surface area (Å²) < 4.78 is 6.64. The molecule has 5 heteroatoms. The number of furan rings is 1. The number of hydrogen-bond donors (Lipinski definition) is 0. The first kappa shape index (κ1) is 35.9. The molecule has 1 radical (unpaired) electrons. The van der Waals surface area contributed by atoms with Gasteiger partial charge in [-0.3, -0.25) is 4.98 Å². The molecule has 0 spiro atoms. The first-order chi connectivity index (χ1) is 22.9. The molecule has 49 heavy (non-hydrogen) atoms. The molecule has 0 saturated heterocycles. The third-order valence-corrected chi connectivity index (χ3v) is 8.60. The van der Waals surface area contributed by atoms with Crippen molar-refractivity contribution in [2.75, 3.05) is 0 Å². The van der Waals surface area contributed by atoms with Crippen LogP contribution >= 0.6 is 0 Å². The zero-order valence-corrected chi connectivity index (χ0v) is 32.0. The van der Waals surface area contributed by atoms with Crippen LogP contribution in [0.25, 0.3) is 44.5 Å². The van der Waals surface area contributed by atoms with E-state index < -0.39 is 0 Å². The van der Waals surface area contributed by atoms with Gasteiger partial charge in [0, 0.05) is 49.0 Å². The van der Waals surface area contributed by atoms with E-state index in [2.05, 4.69) is 131 Å². The molecule has 0 bridgehead atoms. The number of aryl methyl sites for hydroxylation is 3. The fraction of sp³-hybridized carbons (Fsp3) is 0.250. The third kappa shape index (κ3) is 8.07. The Balaban J connectivity index is 0.000000262. The summed E-state index contributed by atoms with van der Waals surface area (Å²) in [5.74, 6) is 0. The van der Waals surface area contributed by atoms with E-state index in [-0.39, 0.29) is 30.9 Å². The maximum Gasteiger partial charge on any atom is 0.143 e. The Bertz CT molecular complexity index is 2130. The van der Waals surface area contributed by atoms with Gasteiger partial charge in [0.25, 0.3) is 0 Å². The molecule has 0 aliphatic carbocycles. The smallest absolute Gasteiger partial charge is 0.143 e. The van der Waals surface area contributed by atoms with Gasteiger partial charge in [-0.1, -0.05) is 107 Å². The van der Waals surface area contributed by atoms with Crippen molar-refractivity contribution in [3.05, 3.63) is 149 Å². The summed E-state index contributed by atoms with van der Waals surface area (Å²) in [4.78, 5) is 14.0. The van der Waals surface area contributed by atoms with Gasteiger partial charge in [0.05, 0.1) is 11.3 Å². The minimum atomic E-state index is -0.311. The summed E-state index contributed by atoms with van der Waals surface area (Å²) in [5.41, 5.74) is 12.2. The minimum Gasteiger partial charge on any atom is -0.499 e. The molecule has 0 saturated carbocycles. The fourth-order valence-electron chi connectivity index (χ4n) is 6.10. The van der Waals surface area contributed by atoms with Crippen LogP contribution in [-0.4, -0.2) is 15.0 Å². The van der Waals surface area contributed by atoms with Crippen molar-refractivity contribution in [2.24, 2.45) is 5.41 Å². The van der Waals surface area contributed by atoms with Gasteiger partial charge in [0.1, 0.15) is 5.58 Å². The van der Waals surface area contributed by atoms with E-state index in [9.17, 15) is 0 Å². The molecule has 4 nitrogen and oxygen atoms in total. The van der Waals surface area contributed by atoms with Gasteiger partial charge in [-0.2, -0.15) is 0 Å². The number of hydrogen-bond acceptors (Lipinski definition) is 4. The summed E-state index contributed by atoms with van der Waals surface area (Å²) >= 11 is 0. The number of pyridine rings is 3. The summed E-state index contributed by atoms with van der Waals surface area (Å²) in [7, 11) is 0. The second-order valence-corrected chi connectivity index (χ2v) is 14.5. The molecule has 0 atom stereocenters. The average Bonchev–Trinajstić information content (AvgIpc) is 3.44. The molecule has 7 aromatic rings. The van der Waals surface area contributed by atoms with E-state index in [0.717, 1.165) is 62.3 Å². The van der Waals surface area contributed by atoms with Gasteiger partial charge in [-0.05, 0) is 60.3 Å². The quantitative estimate of drug-likeness (QED) is 0.162. The second kappa shape index (κ2) is 14.6. The maximum atomic E-state index is 6.64. The molecule has 0 N–H and O–H groups in total. The molecule has 0 aliphatic rings. The first-order valence-corrected chi connectivity index (χ1v) is 16.6. The molecule has 251 valence electrons. The Morgan fingerprint density at radius 2 is 1.47 bits per heavy atom. The minimum absolute atomic E-state index is 0. The number of benzene rings is 3. The molecule has 0 unspecified atom stereocenters. The predicted molar refractivity (Wildman–Crippen MR) is 198 cm³/mol. The summed E-state index contributed by atoms with van der Waals surface area (Å²) in [6.45, 7) is 17.3. The standard InChI is InChI=1S/C31H31N2O.C13H12N.Ir/c1-20-17-25-23-13-10-14-24(26-18-21(15-16-32-26)19-30(2,3)4)27(23)34-28(25)29(33-20)31(5,6)22-11-8-7-9-12-22;1-10-3-6-12(7-4-10)13-8-5-11(2)9-14-13;/h7-13,15-18H,19H2,1-6H3;3-6,8-9H,1-2H3;/q2*-1;. The molecular weight excluding hydrogens is 779 g/mol. The average molecular weight is 822 g/mol. The number of fused-ring (bicyclic) bond motifs is 3. The third-order valence-electron chi connectivity index (χ3n) is 8.60. The van der Waals surface area contributed by atoms with E-state index in [1.165, 1.54) is 22.3 Å². The Morgan fingerprint density at radius 3 is 2.14 bits per heavy atom. The maximum absolute atomic E-state index is 6.64. The molecule has 7 rings (SSSR count). The molecule has 0 fully saturated rings. The fourth-order valence-corrected chi connectivity index (χ4v) is 6.10. The van der Waals surface area contributed by atoms with Crippen molar-refractivity contribution in [1.82, 2.24) is 15.0 Å². The predicted octanol–water partition coefficient (Wildman–Crippen LogP) is 11.2. The molecule has 4 aromatic heterocycles. The second-order valence-electron chi connectivity index (χ2n) is 14.5. The van der Waals surface area contributed by atoms with Crippen LogP contribution in [0.4, 0.5) is 0 Å². The van der Waals surface area contributed by atoms with E-state index in [4.69, 9.17) is 9.40 Å². The number of nitrogens with zero attached hydrogens (tertiary/aromatic N) is 3. The zero-order chi connectivity index (χ0) is 34.1. The van der Waals surface area contributed by atoms with Crippen LogP contribution < -0.4 is 0 Å². The van der Waals surface area contributed by atoms with Crippen molar-refractivity contribution >= 4 is 21.9 Å². The molecular formula is C44H43IrN3O-2.